The smallest absolute Gasteiger partial charge is 0.234 e. The summed E-state index contributed by atoms with van der Waals surface area (Å²) in [6.07, 6.45) is 1.77. The summed E-state index contributed by atoms with van der Waals surface area (Å²) in [5.74, 6) is 8.57. The van der Waals surface area contributed by atoms with Crippen LogP contribution in [-0.4, -0.2) is 142 Å². The van der Waals surface area contributed by atoms with Crippen molar-refractivity contribution in [3.63, 3.8) is 0 Å². The molecular formula is C81H102O23. The van der Waals surface area contributed by atoms with Crippen LogP contribution in [0.15, 0.2) is 220 Å². The molecule has 0 saturated carbocycles. The SMILES string of the molecule is C.C.C=C1COC(C)(CCC2(C)OCC(=C)O2)O1.C=C1COC(CCCC2OCC(=C)O2)O1.C=C1COC(COc2ccc(C(C)(C)c3ccc(OCC4OCC(=C)O4)cc3)cc2)O1.C=C1COC(COc2cccc3c(OCC4OCC(=C)O4)cccc23)O1.C=C1COC(c2ccc(OC)cc2)O1. The second kappa shape index (κ2) is 38.0. The number of rotatable bonds is 23. The fraction of sp³-hybridized carbons (Fsp3) is 0.432. The standard InChI is InChI=1S/C25H28O6.C20H20O6.C12H18O4.C11H16O4.C11H12O3.2CH4/c1-17-13-28-23(30-17)15-26-21-9-5-19(6-10-21)25(3,4)20-7-11-22(12-8-20)27-16-24-29-14-18(2)31-24;1-13-9-23-19(25-13)11-21-17-7-3-6-16-15(17)5-4-8-18(16)22-12-20-24-10-14(2)26-20;1-9-7-13-11(3,15-9)5-6-12(4)14-8-10(2)16-12;1-8-6-12-10(14-8)4-3-5-11-13-7-9(2)15-11;1-8-7-13-11(14-8)9-3-5-10(12-2)6-4-9;;/h5-12,23-24H,1-2,13-16H2,3-4H3;3-8,19-20H,1-2,9-12H2;1-2,5-8H2,3-4H3;10-11H,1-7H2;3-6,11H,1,7H2,2H3;2*1H4. The van der Waals surface area contributed by atoms with E-state index in [4.69, 9.17) is 109 Å². The molecule has 23 heteroatoms. The van der Waals surface area contributed by atoms with Crippen molar-refractivity contribution in [2.45, 2.75) is 136 Å². The second-order valence-electron chi connectivity index (χ2n) is 25.5. The minimum absolute atomic E-state index is 0. The second-order valence-corrected chi connectivity index (χ2v) is 25.5. The van der Waals surface area contributed by atoms with E-state index in [0.29, 0.717) is 137 Å². The van der Waals surface area contributed by atoms with Crippen molar-refractivity contribution < 1.29 is 109 Å². The minimum Gasteiger partial charge on any atom is -0.497 e. The summed E-state index contributed by atoms with van der Waals surface area (Å²) in [4.78, 5) is 0. The third kappa shape index (κ3) is 24.0. The quantitative estimate of drug-likeness (QED) is 0.0595. The van der Waals surface area contributed by atoms with Crippen molar-refractivity contribution in [3.05, 3.63) is 237 Å². The summed E-state index contributed by atoms with van der Waals surface area (Å²) in [6.45, 7) is 47.0. The highest BCUT2D eigenvalue weighted by atomic mass is 16.8. The Morgan fingerprint density at radius 3 is 1.01 bits per heavy atom. The van der Waals surface area contributed by atoms with Crippen LogP contribution in [0.25, 0.3) is 10.8 Å². The molecule has 9 fully saturated rings. The van der Waals surface area contributed by atoms with E-state index in [1.54, 1.807) is 7.11 Å². The molecule has 0 spiro atoms. The first-order chi connectivity index (χ1) is 49.0. The number of hydrogen-bond donors (Lipinski definition) is 0. The predicted molar refractivity (Wildman–Crippen MR) is 388 cm³/mol. The van der Waals surface area contributed by atoms with E-state index in [-0.39, 0.29) is 52.4 Å². The summed E-state index contributed by atoms with van der Waals surface area (Å²) in [5.41, 5.74) is 3.16. The molecule has 9 aliphatic heterocycles. The summed E-state index contributed by atoms with van der Waals surface area (Å²) in [5, 5.41) is 1.89. The average molecular weight is 1440 g/mol. The molecule has 23 nitrogen and oxygen atoms in total. The van der Waals surface area contributed by atoms with Gasteiger partial charge in [-0.05, 0) is 78.2 Å². The van der Waals surface area contributed by atoms with Crippen molar-refractivity contribution in [2.75, 3.05) is 93.0 Å². The molecule has 0 bridgehead atoms. The third-order valence-electron chi connectivity index (χ3n) is 16.7. The van der Waals surface area contributed by atoms with Crippen LogP contribution < -0.4 is 23.7 Å². The summed E-state index contributed by atoms with van der Waals surface area (Å²) < 4.78 is 126. The Hall–Kier alpha value is -9.14. The van der Waals surface area contributed by atoms with Gasteiger partial charge in [0.25, 0.3) is 0 Å². The first-order valence-electron chi connectivity index (χ1n) is 33.6. The Balaban J connectivity index is 0.000000170. The molecule has 9 aliphatic rings. The van der Waals surface area contributed by atoms with Crippen molar-refractivity contribution >= 4 is 10.8 Å². The molecule has 5 aromatic rings. The summed E-state index contributed by atoms with van der Waals surface area (Å²) in [7, 11) is 1.64. The Labute approximate surface area is 611 Å². The highest BCUT2D eigenvalue weighted by molar-refractivity contribution is 5.93. The Bertz CT molecular complexity index is 3510. The molecule has 0 amide bonds. The van der Waals surface area contributed by atoms with Crippen LogP contribution in [-0.2, 0) is 90.7 Å². The van der Waals surface area contributed by atoms with Crippen LogP contribution in [0.3, 0.4) is 0 Å². The maximum absolute atomic E-state index is 5.89. The van der Waals surface area contributed by atoms with Gasteiger partial charge >= 0.3 is 0 Å². The molecule has 104 heavy (non-hydrogen) atoms. The molecule has 5 aromatic carbocycles. The van der Waals surface area contributed by atoms with Crippen LogP contribution in [0.1, 0.15) is 97.6 Å². The maximum atomic E-state index is 5.89. The monoisotopic (exact) mass is 1440 g/mol. The minimum atomic E-state index is -0.600. The van der Waals surface area contributed by atoms with Crippen LogP contribution in [0.5, 0.6) is 28.7 Å². The Morgan fingerprint density at radius 2 is 0.702 bits per heavy atom. The van der Waals surface area contributed by atoms with Crippen LogP contribution in [0.2, 0.25) is 0 Å². The molecule has 14 rings (SSSR count). The van der Waals surface area contributed by atoms with Gasteiger partial charge in [-0.25, -0.2) is 0 Å². The van der Waals surface area contributed by atoms with E-state index in [2.05, 4.69) is 97.3 Å². The van der Waals surface area contributed by atoms with Crippen LogP contribution >= 0.6 is 0 Å². The lowest BCUT2D eigenvalue weighted by molar-refractivity contribution is -0.181. The van der Waals surface area contributed by atoms with E-state index in [1.165, 1.54) is 11.1 Å². The normalized spacial score (nSPS) is 24.9. The van der Waals surface area contributed by atoms with Gasteiger partial charge < -0.3 is 109 Å². The fourth-order valence-electron chi connectivity index (χ4n) is 11.2. The van der Waals surface area contributed by atoms with Crippen LogP contribution in [0, 0.1) is 0 Å². The molecule has 9 unspecified atom stereocenters. The molecular weight excluding hydrogens is 1340 g/mol. The van der Waals surface area contributed by atoms with Crippen molar-refractivity contribution in [2.24, 2.45) is 0 Å². The molecule has 0 aromatic heterocycles. The third-order valence-corrected chi connectivity index (χ3v) is 16.7. The van der Waals surface area contributed by atoms with Gasteiger partial charge in [0.15, 0.2) is 39.0 Å². The first-order valence-corrected chi connectivity index (χ1v) is 33.6. The van der Waals surface area contributed by atoms with Gasteiger partial charge in [0.1, 0.15) is 140 Å². The van der Waals surface area contributed by atoms with Crippen molar-refractivity contribution in [1.29, 1.82) is 0 Å². The molecule has 9 atom stereocenters. The van der Waals surface area contributed by atoms with Crippen molar-refractivity contribution in [1.82, 2.24) is 0 Å². The zero-order valence-corrected chi connectivity index (χ0v) is 58.9. The van der Waals surface area contributed by atoms with Gasteiger partial charge in [0.05, 0.1) is 7.11 Å². The number of ether oxygens (including phenoxy) is 23. The van der Waals surface area contributed by atoms with Gasteiger partial charge in [-0.1, -0.05) is 136 Å². The maximum Gasteiger partial charge on any atom is 0.234 e. The predicted octanol–water partition coefficient (Wildman–Crippen LogP) is 15.7. The van der Waals surface area contributed by atoms with E-state index in [1.807, 2.05) is 98.8 Å². The van der Waals surface area contributed by atoms with Gasteiger partial charge in [-0.2, -0.15) is 0 Å². The Morgan fingerprint density at radius 1 is 0.375 bits per heavy atom. The number of hydrogen-bond acceptors (Lipinski definition) is 23. The van der Waals surface area contributed by atoms with Gasteiger partial charge in [-0.15, -0.1) is 0 Å². The lowest BCUT2D eigenvalue weighted by Gasteiger charge is -2.28. The van der Waals surface area contributed by atoms with Gasteiger partial charge in [0, 0.05) is 61.3 Å². The fourth-order valence-corrected chi connectivity index (χ4v) is 11.2. The average Bonchev–Trinajstić information content (AvgIpc) is 1.08. The summed E-state index contributed by atoms with van der Waals surface area (Å²) >= 11 is 0. The molecule has 9 heterocycles. The van der Waals surface area contributed by atoms with E-state index < -0.39 is 36.7 Å². The zero-order chi connectivity index (χ0) is 72.2. The van der Waals surface area contributed by atoms with E-state index in [9.17, 15) is 0 Å². The summed E-state index contributed by atoms with van der Waals surface area (Å²) in [6, 6.07) is 35.4. The molecule has 9 saturated heterocycles. The lowest BCUT2D eigenvalue weighted by atomic mass is 9.78. The largest absolute Gasteiger partial charge is 0.497 e. The Kier molecular flexibility index (Phi) is 29.5. The first kappa shape index (κ1) is 80.5. The zero-order valence-electron chi connectivity index (χ0n) is 58.9. The highest BCUT2D eigenvalue weighted by Crippen LogP contribution is 2.38. The van der Waals surface area contributed by atoms with Gasteiger partial charge in [-0.3, -0.25) is 0 Å². The molecule has 0 radical (unpaired) electrons. The topological polar surface area (TPSA) is 212 Å². The number of methoxy groups -OCH3 is 1. The molecule has 0 N–H and O–H groups in total. The number of benzene rings is 5. The highest BCUT2D eigenvalue weighted by Gasteiger charge is 2.41. The molecule has 564 valence electrons. The lowest BCUT2D eigenvalue weighted by Crippen LogP contribution is -2.32. The van der Waals surface area contributed by atoms with E-state index >= 15 is 0 Å². The van der Waals surface area contributed by atoms with Gasteiger partial charge in [0.2, 0.25) is 43.0 Å². The van der Waals surface area contributed by atoms with E-state index in [0.717, 1.165) is 64.3 Å². The molecule has 0 aliphatic carbocycles. The number of fused-ring (bicyclic) bond motifs is 1. The van der Waals surface area contributed by atoms with Crippen LogP contribution in [0.4, 0.5) is 0 Å². The van der Waals surface area contributed by atoms with Crippen molar-refractivity contribution in [3.8, 4) is 28.7 Å².